The summed E-state index contributed by atoms with van der Waals surface area (Å²) < 4.78 is 25.1. The van der Waals surface area contributed by atoms with Gasteiger partial charge in [0.2, 0.25) is 10.0 Å². The van der Waals surface area contributed by atoms with Gasteiger partial charge in [-0.2, -0.15) is 0 Å². The first-order chi connectivity index (χ1) is 6.44. The van der Waals surface area contributed by atoms with Crippen LogP contribution in [-0.4, -0.2) is 18.1 Å². The largest absolute Gasteiger partial charge is 0.280 e. The van der Waals surface area contributed by atoms with E-state index < -0.39 is 10.0 Å². The molecule has 0 aromatic carbocycles. The highest BCUT2D eigenvalue weighted by molar-refractivity contribution is 9.11. The van der Waals surface area contributed by atoms with Crippen LogP contribution in [-0.2, 0) is 10.0 Å². The molecule has 4 nitrogen and oxygen atoms in total. The highest BCUT2D eigenvalue weighted by Crippen LogP contribution is 2.24. The molecule has 8 heteroatoms. The van der Waals surface area contributed by atoms with Gasteiger partial charge in [0.05, 0.1) is 5.69 Å². The Morgan fingerprint density at radius 3 is 2.79 bits per heavy atom. The summed E-state index contributed by atoms with van der Waals surface area (Å²) in [7, 11) is -3.39. The van der Waals surface area contributed by atoms with Crippen LogP contribution in [0.25, 0.3) is 0 Å². The molecule has 14 heavy (non-hydrogen) atoms. The van der Waals surface area contributed by atoms with E-state index in [4.69, 9.17) is 11.6 Å². The van der Waals surface area contributed by atoms with E-state index in [0.717, 1.165) is 0 Å². The van der Waals surface area contributed by atoms with Crippen molar-refractivity contribution in [1.82, 2.24) is 4.98 Å². The number of rotatable bonds is 3. The molecule has 1 aromatic heterocycles. The SMILES string of the molecule is O=S(=O)(CBr)Nc1cc(Br)cnc1Cl. The van der Waals surface area contributed by atoms with E-state index in [1.165, 1.54) is 12.3 Å². The number of hydrogen-bond acceptors (Lipinski definition) is 3. The number of nitrogens with one attached hydrogen (secondary N) is 1. The minimum atomic E-state index is -3.39. The summed E-state index contributed by atoms with van der Waals surface area (Å²) in [4.78, 5) is 3.77. The first kappa shape index (κ1) is 12.2. The lowest BCUT2D eigenvalue weighted by Crippen LogP contribution is -2.13. The lowest BCUT2D eigenvalue weighted by Gasteiger charge is -2.06. The third kappa shape index (κ3) is 3.38. The lowest BCUT2D eigenvalue weighted by atomic mass is 10.4. The Balaban J connectivity index is 3.03. The highest BCUT2D eigenvalue weighted by Gasteiger charge is 2.11. The van der Waals surface area contributed by atoms with Crippen molar-refractivity contribution in [3.63, 3.8) is 0 Å². The zero-order valence-electron chi connectivity index (χ0n) is 6.67. The van der Waals surface area contributed by atoms with Crippen molar-refractivity contribution in [2.45, 2.75) is 0 Å². The predicted molar refractivity (Wildman–Crippen MR) is 63.3 cm³/mol. The molecule has 78 valence electrons. The van der Waals surface area contributed by atoms with Crippen molar-refractivity contribution in [3.05, 3.63) is 21.9 Å². The summed E-state index contributed by atoms with van der Waals surface area (Å²) in [6, 6.07) is 1.54. The van der Waals surface area contributed by atoms with Gasteiger partial charge in [0.25, 0.3) is 0 Å². The summed E-state index contributed by atoms with van der Waals surface area (Å²) in [5, 5.41) is 0.109. The average molecular weight is 364 g/mol. The van der Waals surface area contributed by atoms with Gasteiger partial charge in [-0.1, -0.05) is 27.5 Å². The van der Waals surface area contributed by atoms with Crippen LogP contribution in [0.1, 0.15) is 0 Å². The van der Waals surface area contributed by atoms with Crippen molar-refractivity contribution in [2.24, 2.45) is 0 Å². The van der Waals surface area contributed by atoms with E-state index in [9.17, 15) is 8.42 Å². The molecule has 0 aliphatic carbocycles. The molecule has 1 N–H and O–H groups in total. The van der Waals surface area contributed by atoms with Gasteiger partial charge < -0.3 is 0 Å². The molecule has 0 aliphatic rings. The molecule has 1 aromatic rings. The topological polar surface area (TPSA) is 59.1 Å². The van der Waals surface area contributed by atoms with Crippen molar-refractivity contribution in [3.8, 4) is 0 Å². The van der Waals surface area contributed by atoms with E-state index >= 15 is 0 Å². The van der Waals surface area contributed by atoms with Crippen molar-refractivity contribution < 1.29 is 8.42 Å². The number of halogens is 3. The minimum absolute atomic E-state index is 0.109. The molecule has 0 saturated heterocycles. The van der Waals surface area contributed by atoms with E-state index in [1.54, 1.807) is 0 Å². The summed E-state index contributed by atoms with van der Waals surface area (Å²) >= 11 is 11.7. The standard InChI is InChI=1S/C6H5Br2ClN2O2S/c7-3-14(12,13)11-5-1-4(8)2-10-6(5)9/h1-2,11H,3H2. The van der Waals surface area contributed by atoms with Gasteiger partial charge in [-0.3, -0.25) is 4.72 Å². The fourth-order valence-electron chi connectivity index (χ4n) is 0.689. The Hall–Kier alpha value is 0.150. The van der Waals surface area contributed by atoms with Gasteiger partial charge in [-0.25, -0.2) is 13.4 Å². The molecule has 0 atom stereocenters. The number of alkyl halides is 1. The van der Waals surface area contributed by atoms with E-state index in [1.807, 2.05) is 0 Å². The molecule has 0 saturated carbocycles. The predicted octanol–water partition coefficient (Wildman–Crippen LogP) is 2.59. The number of pyridine rings is 1. The monoisotopic (exact) mass is 362 g/mol. The normalized spacial score (nSPS) is 11.4. The van der Waals surface area contributed by atoms with Crippen LogP contribution >= 0.6 is 43.5 Å². The van der Waals surface area contributed by atoms with E-state index in [-0.39, 0.29) is 15.5 Å². The molecule has 0 fully saturated rings. The number of anilines is 1. The molecular weight excluding hydrogens is 359 g/mol. The highest BCUT2D eigenvalue weighted by atomic mass is 79.9. The summed E-state index contributed by atoms with van der Waals surface area (Å²) in [6.07, 6.45) is 1.48. The molecule has 0 unspecified atom stereocenters. The number of nitrogens with zero attached hydrogens (tertiary/aromatic N) is 1. The van der Waals surface area contributed by atoms with Gasteiger partial charge in [0.1, 0.15) is 4.66 Å². The molecule has 1 rings (SSSR count). The Morgan fingerprint density at radius 1 is 1.57 bits per heavy atom. The second kappa shape index (κ2) is 4.78. The Kier molecular flexibility index (Phi) is 4.17. The maximum atomic E-state index is 11.2. The molecule has 0 aliphatic heterocycles. The second-order valence-electron chi connectivity index (χ2n) is 2.32. The first-order valence-corrected chi connectivity index (χ1v) is 7.26. The van der Waals surface area contributed by atoms with Gasteiger partial charge in [-0.05, 0) is 22.0 Å². The fraction of sp³-hybridized carbons (Fsp3) is 0.167. The van der Waals surface area contributed by atoms with Crippen molar-refractivity contribution >= 4 is 59.2 Å². The first-order valence-electron chi connectivity index (χ1n) is 3.32. The molecule has 0 spiro atoms. The number of aromatic nitrogens is 1. The van der Waals surface area contributed by atoms with Crippen molar-refractivity contribution in [2.75, 3.05) is 9.38 Å². The van der Waals surface area contributed by atoms with Gasteiger partial charge in [-0.15, -0.1) is 0 Å². The van der Waals surface area contributed by atoms with E-state index in [0.29, 0.717) is 4.47 Å². The Morgan fingerprint density at radius 2 is 2.21 bits per heavy atom. The second-order valence-corrected chi connectivity index (χ2v) is 6.62. The van der Waals surface area contributed by atoms with Crippen LogP contribution < -0.4 is 4.72 Å². The van der Waals surface area contributed by atoms with Crippen LogP contribution in [0, 0.1) is 0 Å². The third-order valence-electron chi connectivity index (χ3n) is 1.21. The molecule has 0 amide bonds. The number of hydrogen-bond donors (Lipinski definition) is 1. The van der Waals surface area contributed by atoms with Gasteiger partial charge in [0.15, 0.2) is 5.15 Å². The molecule has 0 radical (unpaired) electrons. The molecular formula is C6H5Br2ClN2O2S. The average Bonchev–Trinajstić information content (AvgIpc) is 2.11. The Labute approximate surface area is 103 Å². The number of sulfonamides is 1. The van der Waals surface area contributed by atoms with Crippen LogP contribution in [0.2, 0.25) is 5.15 Å². The van der Waals surface area contributed by atoms with Crippen LogP contribution in [0.3, 0.4) is 0 Å². The molecule has 1 heterocycles. The summed E-state index contributed by atoms with van der Waals surface area (Å²) in [6.45, 7) is 0. The minimum Gasteiger partial charge on any atom is -0.280 e. The maximum absolute atomic E-state index is 11.2. The molecule has 0 bridgehead atoms. The fourth-order valence-corrected chi connectivity index (χ4v) is 2.12. The van der Waals surface area contributed by atoms with Crippen LogP contribution in [0.4, 0.5) is 5.69 Å². The zero-order valence-corrected chi connectivity index (χ0v) is 11.4. The quantitative estimate of drug-likeness (QED) is 0.662. The third-order valence-corrected chi connectivity index (χ3v) is 4.58. The zero-order chi connectivity index (χ0) is 10.8. The lowest BCUT2D eigenvalue weighted by molar-refractivity contribution is 0.606. The smallest absolute Gasteiger partial charge is 0.242 e. The maximum Gasteiger partial charge on any atom is 0.242 e. The summed E-state index contributed by atoms with van der Waals surface area (Å²) in [5.41, 5.74) is 0.250. The summed E-state index contributed by atoms with van der Waals surface area (Å²) in [5.74, 6) is 0. The van der Waals surface area contributed by atoms with Crippen molar-refractivity contribution in [1.29, 1.82) is 0 Å². The van der Waals surface area contributed by atoms with E-state index in [2.05, 4.69) is 41.6 Å². The van der Waals surface area contributed by atoms with Gasteiger partial charge in [0, 0.05) is 10.7 Å². The van der Waals surface area contributed by atoms with Crippen LogP contribution in [0.5, 0.6) is 0 Å². The van der Waals surface area contributed by atoms with Crippen LogP contribution in [0.15, 0.2) is 16.7 Å². The Bertz CT molecular complexity index is 437. The van der Waals surface area contributed by atoms with Gasteiger partial charge >= 0.3 is 0 Å².